The molecule has 5 aromatic carbocycles. The van der Waals surface area contributed by atoms with Gasteiger partial charge in [-0.1, -0.05) is 139 Å². The average Bonchev–Trinajstić information content (AvgIpc) is 3.01. The number of hydrogen-bond donors (Lipinski definition) is 0. The zero-order valence-electron chi connectivity index (χ0n) is 21.8. The Hall–Kier alpha value is -4.51. The minimum atomic E-state index is 0.905. The van der Waals surface area contributed by atoms with Gasteiger partial charge in [0.2, 0.25) is 0 Å². The maximum Gasteiger partial charge on any atom is 0.0324 e. The van der Waals surface area contributed by atoms with Crippen LogP contribution in [0.2, 0.25) is 0 Å². The number of hydrogen-bond acceptors (Lipinski definition) is 1. The number of rotatable bonds is 8. The number of thioether (sulfide) groups is 1. The molecule has 0 spiro atoms. The highest BCUT2D eigenvalue weighted by atomic mass is 32.2. The Kier molecular flexibility index (Phi) is 9.28. The molecule has 1 heteroatoms. The highest BCUT2D eigenvalue weighted by Gasteiger charge is 2.12. The quantitative estimate of drug-likeness (QED) is 0.112. The normalized spacial score (nSPS) is 10.8. The van der Waals surface area contributed by atoms with Crippen LogP contribution in [-0.4, -0.2) is 5.75 Å². The second kappa shape index (κ2) is 13.9. The predicted molar refractivity (Wildman–Crippen MR) is 168 cm³/mol. The van der Waals surface area contributed by atoms with Gasteiger partial charge in [-0.2, -0.15) is 0 Å². The van der Waals surface area contributed by atoms with Crippen LogP contribution in [0.15, 0.2) is 168 Å². The van der Waals surface area contributed by atoms with Crippen LogP contribution < -0.4 is 0 Å². The van der Waals surface area contributed by atoms with E-state index in [1.54, 1.807) is 0 Å². The molecular weight excluding hydrogens is 488 g/mol. The highest BCUT2D eigenvalue weighted by Crippen LogP contribution is 2.33. The van der Waals surface area contributed by atoms with Crippen molar-refractivity contribution in [2.75, 3.05) is 5.75 Å². The third-order valence-corrected chi connectivity index (χ3v) is 7.36. The molecule has 0 N–H and O–H groups in total. The Balaban J connectivity index is 1.66. The third-order valence-electron chi connectivity index (χ3n) is 6.35. The van der Waals surface area contributed by atoms with Crippen molar-refractivity contribution >= 4 is 22.9 Å². The van der Waals surface area contributed by atoms with Crippen LogP contribution in [0, 0.1) is 11.8 Å². The van der Waals surface area contributed by atoms with Crippen molar-refractivity contribution in [2.45, 2.75) is 11.3 Å². The second-order valence-corrected chi connectivity index (χ2v) is 10.3. The summed E-state index contributed by atoms with van der Waals surface area (Å²) >= 11 is 1.89. The number of benzene rings is 5. The molecule has 0 aliphatic heterocycles. The van der Waals surface area contributed by atoms with E-state index in [0.717, 1.165) is 28.9 Å². The Labute approximate surface area is 236 Å². The molecule has 188 valence electrons. The van der Waals surface area contributed by atoms with Gasteiger partial charge in [-0.3, -0.25) is 0 Å². The van der Waals surface area contributed by atoms with Gasteiger partial charge in [0.05, 0.1) is 0 Å². The van der Waals surface area contributed by atoms with Crippen molar-refractivity contribution < 1.29 is 0 Å². The molecular formula is C38H30S. The van der Waals surface area contributed by atoms with Crippen molar-refractivity contribution in [2.24, 2.45) is 0 Å². The molecule has 0 radical (unpaired) electrons. The summed E-state index contributed by atoms with van der Waals surface area (Å²) in [5, 5.41) is 0. The SMILES string of the molecule is C(#Cc1ccccc1)/C(=C\C(CCSc1ccccc1)=C(c1ccccc1)c1ccccc1)c1ccccc1. The summed E-state index contributed by atoms with van der Waals surface area (Å²) in [4.78, 5) is 1.29. The fraction of sp³-hybridized carbons (Fsp3) is 0.0526. The Bertz CT molecular complexity index is 1530. The molecule has 0 fully saturated rings. The van der Waals surface area contributed by atoms with Gasteiger partial charge in [-0.25, -0.2) is 0 Å². The van der Waals surface area contributed by atoms with Crippen LogP contribution in [0.5, 0.6) is 0 Å². The minimum Gasteiger partial charge on any atom is -0.126 e. The molecule has 0 unspecified atom stereocenters. The lowest BCUT2D eigenvalue weighted by molar-refractivity contribution is 1.16. The van der Waals surface area contributed by atoms with Gasteiger partial charge in [-0.05, 0) is 64.6 Å². The van der Waals surface area contributed by atoms with E-state index in [1.807, 2.05) is 30.0 Å². The van der Waals surface area contributed by atoms with Gasteiger partial charge in [0.1, 0.15) is 0 Å². The van der Waals surface area contributed by atoms with E-state index in [2.05, 4.69) is 151 Å². The van der Waals surface area contributed by atoms with Crippen LogP contribution in [-0.2, 0) is 0 Å². The van der Waals surface area contributed by atoms with E-state index in [-0.39, 0.29) is 0 Å². The van der Waals surface area contributed by atoms with E-state index < -0.39 is 0 Å². The predicted octanol–water partition coefficient (Wildman–Crippen LogP) is 9.81. The van der Waals surface area contributed by atoms with Crippen molar-refractivity contribution in [3.63, 3.8) is 0 Å². The fourth-order valence-corrected chi connectivity index (χ4v) is 5.36. The molecule has 0 bridgehead atoms. The van der Waals surface area contributed by atoms with Crippen LogP contribution in [0.4, 0.5) is 0 Å². The van der Waals surface area contributed by atoms with Crippen molar-refractivity contribution in [3.8, 4) is 11.8 Å². The molecule has 0 aliphatic rings. The minimum absolute atomic E-state index is 0.905. The summed E-state index contributed by atoms with van der Waals surface area (Å²) < 4.78 is 0. The Morgan fingerprint density at radius 3 is 1.54 bits per heavy atom. The Morgan fingerprint density at radius 1 is 0.538 bits per heavy atom. The van der Waals surface area contributed by atoms with Crippen molar-refractivity contribution in [1.29, 1.82) is 0 Å². The van der Waals surface area contributed by atoms with Crippen molar-refractivity contribution in [1.82, 2.24) is 0 Å². The standard InChI is InChI=1S/C38H30S/c1-6-16-31(17-7-1)26-27-35(32-18-8-2-9-19-32)30-36(28-29-39-37-24-14-5-15-25-37)38(33-20-10-3-11-21-33)34-22-12-4-13-23-34/h1-25,30H,28-29H2/b35-30+. The third kappa shape index (κ3) is 7.51. The van der Waals surface area contributed by atoms with Crippen LogP contribution >= 0.6 is 11.8 Å². The van der Waals surface area contributed by atoms with E-state index >= 15 is 0 Å². The molecule has 39 heavy (non-hydrogen) atoms. The first-order valence-electron chi connectivity index (χ1n) is 13.2. The van der Waals surface area contributed by atoms with Gasteiger partial charge < -0.3 is 0 Å². The van der Waals surface area contributed by atoms with Gasteiger partial charge >= 0.3 is 0 Å². The molecule has 5 aromatic rings. The molecule has 0 saturated heterocycles. The van der Waals surface area contributed by atoms with Crippen LogP contribution in [0.1, 0.15) is 28.7 Å². The first-order valence-corrected chi connectivity index (χ1v) is 14.2. The van der Waals surface area contributed by atoms with E-state index in [4.69, 9.17) is 0 Å². The zero-order valence-corrected chi connectivity index (χ0v) is 22.7. The molecule has 0 aliphatic carbocycles. The monoisotopic (exact) mass is 518 g/mol. The topological polar surface area (TPSA) is 0 Å². The largest absolute Gasteiger partial charge is 0.126 e. The smallest absolute Gasteiger partial charge is 0.0324 e. The van der Waals surface area contributed by atoms with Crippen LogP contribution in [0.25, 0.3) is 11.1 Å². The van der Waals surface area contributed by atoms with E-state index in [1.165, 1.54) is 27.2 Å². The Morgan fingerprint density at radius 2 is 1.00 bits per heavy atom. The molecule has 0 heterocycles. The lowest BCUT2D eigenvalue weighted by Crippen LogP contribution is -1.97. The summed E-state index contributed by atoms with van der Waals surface area (Å²) in [7, 11) is 0. The van der Waals surface area contributed by atoms with Gasteiger partial charge in [0.15, 0.2) is 0 Å². The summed E-state index contributed by atoms with van der Waals surface area (Å²) in [6.07, 6.45) is 3.22. The lowest BCUT2D eigenvalue weighted by Gasteiger charge is -2.16. The van der Waals surface area contributed by atoms with Gasteiger partial charge in [0, 0.05) is 21.8 Å². The summed E-state index contributed by atoms with van der Waals surface area (Å²) in [6, 6.07) is 52.8. The summed E-state index contributed by atoms with van der Waals surface area (Å²) in [5.41, 5.74) is 8.09. The fourth-order valence-electron chi connectivity index (χ4n) is 4.46. The van der Waals surface area contributed by atoms with Crippen molar-refractivity contribution in [3.05, 3.63) is 186 Å². The highest BCUT2D eigenvalue weighted by molar-refractivity contribution is 7.99. The summed E-state index contributed by atoms with van der Waals surface area (Å²) in [6.45, 7) is 0. The van der Waals surface area contributed by atoms with Gasteiger partial charge in [0.25, 0.3) is 0 Å². The maximum absolute atomic E-state index is 3.52. The average molecular weight is 519 g/mol. The molecule has 0 amide bonds. The zero-order chi connectivity index (χ0) is 26.5. The molecule has 5 rings (SSSR count). The molecule has 0 saturated carbocycles. The summed E-state index contributed by atoms with van der Waals surface area (Å²) in [5.74, 6) is 7.89. The molecule has 0 nitrogen and oxygen atoms in total. The van der Waals surface area contributed by atoms with Crippen LogP contribution in [0.3, 0.4) is 0 Å². The van der Waals surface area contributed by atoms with Gasteiger partial charge in [-0.15, -0.1) is 11.8 Å². The first-order chi connectivity index (χ1) is 19.4. The number of allylic oxidation sites excluding steroid dienone is 3. The second-order valence-electron chi connectivity index (χ2n) is 9.08. The lowest BCUT2D eigenvalue weighted by atomic mass is 9.90. The first kappa shape index (κ1) is 26.1. The van der Waals surface area contributed by atoms with E-state index in [0.29, 0.717) is 0 Å². The molecule has 0 aromatic heterocycles. The maximum atomic E-state index is 3.52. The van der Waals surface area contributed by atoms with E-state index in [9.17, 15) is 0 Å². The molecule has 0 atom stereocenters.